The molecule has 0 fully saturated rings. The second kappa shape index (κ2) is 6.79. The summed E-state index contributed by atoms with van der Waals surface area (Å²) in [6, 6.07) is 5.77. The molecule has 0 bridgehead atoms. The van der Waals surface area contributed by atoms with Crippen LogP contribution < -0.4 is 15.8 Å². The fraction of sp³-hybridized carbons (Fsp3) is 0.429. The molecule has 0 radical (unpaired) electrons. The standard InChI is InChI=1S/C14H21N5O/c1-3-9-20-14-12(15)5-6-13(18-14)17-11(2)10-19-8-4-7-16-19/h4-8,11H,3,9-10,15H2,1-2H3,(H,17,18). The minimum absolute atomic E-state index is 0.199. The number of hydrogen-bond donors (Lipinski definition) is 2. The minimum Gasteiger partial charge on any atom is -0.476 e. The predicted molar refractivity (Wildman–Crippen MR) is 79.7 cm³/mol. The summed E-state index contributed by atoms with van der Waals surface area (Å²) in [7, 11) is 0. The fourth-order valence-electron chi connectivity index (χ4n) is 1.83. The van der Waals surface area contributed by atoms with Crippen molar-refractivity contribution in [2.24, 2.45) is 0 Å². The molecular weight excluding hydrogens is 254 g/mol. The summed E-state index contributed by atoms with van der Waals surface area (Å²) in [6.45, 7) is 5.50. The van der Waals surface area contributed by atoms with E-state index in [1.807, 2.05) is 29.9 Å². The van der Waals surface area contributed by atoms with E-state index in [0.717, 1.165) is 18.8 Å². The highest BCUT2D eigenvalue weighted by atomic mass is 16.5. The molecule has 0 saturated carbocycles. The predicted octanol–water partition coefficient (Wildman–Crippen LogP) is 2.15. The molecule has 0 amide bonds. The molecule has 3 N–H and O–H groups in total. The van der Waals surface area contributed by atoms with Gasteiger partial charge in [0.15, 0.2) is 0 Å². The summed E-state index contributed by atoms with van der Waals surface area (Å²) in [5, 5.41) is 7.50. The Morgan fingerprint density at radius 3 is 3.00 bits per heavy atom. The lowest BCUT2D eigenvalue weighted by atomic mass is 10.3. The van der Waals surface area contributed by atoms with E-state index in [4.69, 9.17) is 10.5 Å². The van der Waals surface area contributed by atoms with Gasteiger partial charge in [0, 0.05) is 18.4 Å². The molecule has 0 spiro atoms. The van der Waals surface area contributed by atoms with E-state index in [1.165, 1.54) is 0 Å². The molecule has 0 aliphatic rings. The third-order valence-electron chi connectivity index (χ3n) is 2.75. The molecule has 108 valence electrons. The van der Waals surface area contributed by atoms with Crippen LogP contribution in [0.3, 0.4) is 0 Å². The van der Waals surface area contributed by atoms with Crippen molar-refractivity contribution >= 4 is 11.5 Å². The van der Waals surface area contributed by atoms with Gasteiger partial charge in [-0.1, -0.05) is 6.92 Å². The highest BCUT2D eigenvalue weighted by Gasteiger charge is 2.08. The Kier molecular flexibility index (Phi) is 4.81. The summed E-state index contributed by atoms with van der Waals surface area (Å²) in [4.78, 5) is 4.39. The Balaban J connectivity index is 1.98. The topological polar surface area (TPSA) is 78.0 Å². The van der Waals surface area contributed by atoms with Crippen LogP contribution in [0.25, 0.3) is 0 Å². The molecule has 2 rings (SSSR count). The van der Waals surface area contributed by atoms with Gasteiger partial charge in [-0.25, -0.2) is 0 Å². The molecule has 0 aliphatic carbocycles. The van der Waals surface area contributed by atoms with Gasteiger partial charge in [0.25, 0.3) is 0 Å². The van der Waals surface area contributed by atoms with Gasteiger partial charge in [-0.3, -0.25) is 4.68 Å². The summed E-state index contributed by atoms with van der Waals surface area (Å²) in [5.74, 6) is 1.24. The lowest BCUT2D eigenvalue weighted by Gasteiger charge is -2.16. The molecule has 0 saturated heterocycles. The molecule has 1 unspecified atom stereocenters. The molecule has 6 nitrogen and oxygen atoms in total. The Morgan fingerprint density at radius 2 is 2.30 bits per heavy atom. The number of nitrogen functional groups attached to an aromatic ring is 1. The summed E-state index contributed by atoms with van der Waals surface area (Å²) < 4.78 is 7.40. The van der Waals surface area contributed by atoms with Gasteiger partial charge in [0.1, 0.15) is 5.82 Å². The van der Waals surface area contributed by atoms with Gasteiger partial charge in [-0.15, -0.1) is 0 Å². The van der Waals surface area contributed by atoms with Crippen molar-refractivity contribution in [2.75, 3.05) is 17.7 Å². The molecule has 0 aromatic carbocycles. The monoisotopic (exact) mass is 275 g/mol. The molecular formula is C14H21N5O. The number of rotatable bonds is 7. The molecule has 20 heavy (non-hydrogen) atoms. The van der Waals surface area contributed by atoms with Crippen LogP contribution in [0, 0.1) is 0 Å². The maximum Gasteiger partial charge on any atom is 0.239 e. The van der Waals surface area contributed by atoms with Crippen LogP contribution in [0.1, 0.15) is 20.3 Å². The molecule has 2 aromatic heterocycles. The maximum atomic E-state index is 5.84. The summed E-state index contributed by atoms with van der Waals surface area (Å²) >= 11 is 0. The van der Waals surface area contributed by atoms with Crippen molar-refractivity contribution in [1.82, 2.24) is 14.8 Å². The average molecular weight is 275 g/mol. The fourth-order valence-corrected chi connectivity index (χ4v) is 1.83. The van der Waals surface area contributed by atoms with E-state index in [2.05, 4.69) is 22.3 Å². The second-order valence-corrected chi connectivity index (χ2v) is 4.71. The van der Waals surface area contributed by atoms with E-state index in [-0.39, 0.29) is 6.04 Å². The van der Waals surface area contributed by atoms with Crippen molar-refractivity contribution in [2.45, 2.75) is 32.9 Å². The smallest absolute Gasteiger partial charge is 0.239 e. The number of anilines is 2. The largest absolute Gasteiger partial charge is 0.476 e. The van der Waals surface area contributed by atoms with E-state index in [9.17, 15) is 0 Å². The van der Waals surface area contributed by atoms with E-state index >= 15 is 0 Å². The zero-order valence-corrected chi connectivity index (χ0v) is 11.9. The van der Waals surface area contributed by atoms with Crippen molar-refractivity contribution < 1.29 is 4.74 Å². The Bertz CT molecular complexity index is 526. The van der Waals surface area contributed by atoms with Crippen LogP contribution in [0.5, 0.6) is 5.88 Å². The molecule has 2 heterocycles. The number of hydrogen-bond acceptors (Lipinski definition) is 5. The lowest BCUT2D eigenvalue weighted by molar-refractivity contribution is 0.307. The van der Waals surface area contributed by atoms with Gasteiger partial charge in [-0.2, -0.15) is 10.1 Å². The quantitative estimate of drug-likeness (QED) is 0.809. The van der Waals surface area contributed by atoms with Gasteiger partial charge < -0.3 is 15.8 Å². The van der Waals surface area contributed by atoms with Gasteiger partial charge in [-0.05, 0) is 31.5 Å². The molecule has 2 aromatic rings. The normalized spacial score (nSPS) is 12.1. The Morgan fingerprint density at radius 1 is 1.45 bits per heavy atom. The molecule has 0 aliphatic heterocycles. The molecule has 1 atom stereocenters. The van der Waals surface area contributed by atoms with Crippen molar-refractivity contribution in [1.29, 1.82) is 0 Å². The number of nitrogens with zero attached hydrogens (tertiary/aromatic N) is 3. The maximum absolute atomic E-state index is 5.84. The second-order valence-electron chi connectivity index (χ2n) is 4.71. The summed E-state index contributed by atoms with van der Waals surface area (Å²) in [5.41, 5.74) is 6.40. The summed E-state index contributed by atoms with van der Waals surface area (Å²) in [6.07, 6.45) is 4.63. The third-order valence-corrected chi connectivity index (χ3v) is 2.75. The first-order valence-corrected chi connectivity index (χ1v) is 6.82. The highest BCUT2D eigenvalue weighted by Crippen LogP contribution is 2.21. The number of nitrogens with one attached hydrogen (secondary N) is 1. The number of pyridine rings is 1. The van der Waals surface area contributed by atoms with Crippen LogP contribution in [0.4, 0.5) is 11.5 Å². The van der Waals surface area contributed by atoms with Crippen molar-refractivity contribution in [3.05, 3.63) is 30.6 Å². The lowest BCUT2D eigenvalue weighted by Crippen LogP contribution is -2.23. The zero-order chi connectivity index (χ0) is 14.4. The Hall–Kier alpha value is -2.24. The number of nitrogens with two attached hydrogens (primary N) is 1. The first-order valence-electron chi connectivity index (χ1n) is 6.82. The zero-order valence-electron chi connectivity index (χ0n) is 11.9. The van der Waals surface area contributed by atoms with Gasteiger partial charge in [0.2, 0.25) is 5.88 Å². The minimum atomic E-state index is 0.199. The van der Waals surface area contributed by atoms with Crippen LogP contribution in [-0.4, -0.2) is 27.4 Å². The van der Waals surface area contributed by atoms with Crippen LogP contribution in [0.2, 0.25) is 0 Å². The van der Waals surface area contributed by atoms with Crippen LogP contribution in [-0.2, 0) is 6.54 Å². The van der Waals surface area contributed by atoms with Crippen LogP contribution >= 0.6 is 0 Å². The Labute approximate surface area is 119 Å². The number of aromatic nitrogens is 3. The SMILES string of the molecule is CCCOc1nc(NC(C)Cn2cccn2)ccc1N. The van der Waals surface area contributed by atoms with Gasteiger partial charge >= 0.3 is 0 Å². The highest BCUT2D eigenvalue weighted by molar-refractivity contribution is 5.53. The average Bonchev–Trinajstić information content (AvgIpc) is 2.92. The number of ether oxygens (including phenoxy) is 1. The third kappa shape index (κ3) is 3.88. The molecule has 6 heteroatoms. The van der Waals surface area contributed by atoms with Crippen LogP contribution in [0.15, 0.2) is 30.6 Å². The van der Waals surface area contributed by atoms with E-state index < -0.39 is 0 Å². The van der Waals surface area contributed by atoms with E-state index in [0.29, 0.717) is 18.2 Å². The first-order chi connectivity index (χ1) is 9.69. The van der Waals surface area contributed by atoms with E-state index in [1.54, 1.807) is 12.3 Å². The van der Waals surface area contributed by atoms with Crippen molar-refractivity contribution in [3.63, 3.8) is 0 Å². The van der Waals surface area contributed by atoms with Gasteiger partial charge in [0.05, 0.1) is 18.8 Å². The van der Waals surface area contributed by atoms with Crippen molar-refractivity contribution in [3.8, 4) is 5.88 Å². The first kappa shape index (κ1) is 14.2.